The predicted octanol–water partition coefficient (Wildman–Crippen LogP) is 4.03. The van der Waals surface area contributed by atoms with Gasteiger partial charge in [0.05, 0.1) is 30.9 Å². The van der Waals surface area contributed by atoms with Crippen molar-refractivity contribution in [3.8, 4) is 0 Å². The number of quaternary nitrogens is 1. The van der Waals surface area contributed by atoms with Gasteiger partial charge in [0, 0.05) is 49.4 Å². The normalized spacial score (nSPS) is 33.8. The van der Waals surface area contributed by atoms with Crippen LogP contribution in [0.15, 0.2) is 18.2 Å². The average Bonchev–Trinajstić information content (AvgIpc) is 3.05. The first-order chi connectivity index (χ1) is 14.7. The molecule has 3 aliphatic rings. The molecule has 3 fully saturated rings. The van der Waals surface area contributed by atoms with E-state index < -0.39 is 0 Å². The highest BCUT2D eigenvalue weighted by Gasteiger charge is 2.50. The van der Waals surface area contributed by atoms with Gasteiger partial charge in [0.25, 0.3) is 0 Å². The van der Waals surface area contributed by atoms with Crippen LogP contribution in [-0.4, -0.2) is 54.0 Å². The zero-order valence-corrected chi connectivity index (χ0v) is 18.8. The number of aliphatic hydroxyl groups excluding tert-OH is 1. The molecule has 2 saturated heterocycles. The summed E-state index contributed by atoms with van der Waals surface area (Å²) in [5.41, 5.74) is 0.966. The molecule has 1 aromatic carbocycles. The van der Waals surface area contributed by atoms with Crippen molar-refractivity contribution in [2.75, 3.05) is 36.4 Å². The van der Waals surface area contributed by atoms with Crippen LogP contribution in [0.2, 0.25) is 0 Å². The quantitative estimate of drug-likeness (QED) is 0.555. The van der Waals surface area contributed by atoms with Gasteiger partial charge in [0.15, 0.2) is 0 Å². The van der Waals surface area contributed by atoms with E-state index in [9.17, 15) is 19.5 Å². The van der Waals surface area contributed by atoms with E-state index in [1.165, 1.54) is 6.07 Å². The van der Waals surface area contributed by atoms with Crippen LogP contribution in [0.1, 0.15) is 58.8 Å². The van der Waals surface area contributed by atoms with Crippen molar-refractivity contribution >= 4 is 17.3 Å². The Morgan fingerprint density at radius 3 is 2.71 bits per heavy atom. The Morgan fingerprint density at radius 2 is 2.03 bits per heavy atom. The van der Waals surface area contributed by atoms with Crippen LogP contribution in [0.25, 0.3) is 0 Å². The number of hydrogen-bond acceptors (Lipinski definition) is 4. The number of anilines is 2. The Morgan fingerprint density at radius 1 is 1.29 bits per heavy atom. The second kappa shape index (κ2) is 8.68. The largest absolute Gasteiger partial charge is 0.633 e. The number of aliphatic hydroxyl groups is 1. The molecule has 0 aromatic heterocycles. The summed E-state index contributed by atoms with van der Waals surface area (Å²) in [4.78, 5) is 14.0. The van der Waals surface area contributed by atoms with E-state index >= 15 is 0 Å². The maximum atomic E-state index is 15.0. The van der Waals surface area contributed by atoms with Crippen molar-refractivity contribution in [3.05, 3.63) is 29.2 Å². The zero-order valence-electron chi connectivity index (χ0n) is 18.8. The molecular formula is C24H36FN3O3. The summed E-state index contributed by atoms with van der Waals surface area (Å²) in [7, 11) is 0. The number of hydrogen-bond donors (Lipinski definition) is 2. The Hall–Kier alpha value is -1.70. The topological polar surface area (TPSA) is 75.6 Å². The Balaban J connectivity index is 1.45. The number of amides is 1. The molecule has 4 rings (SSSR count). The van der Waals surface area contributed by atoms with Gasteiger partial charge in [-0.25, -0.2) is 4.39 Å². The summed E-state index contributed by atoms with van der Waals surface area (Å²) >= 11 is 0. The lowest BCUT2D eigenvalue weighted by Crippen LogP contribution is -2.54. The maximum absolute atomic E-state index is 15.0. The van der Waals surface area contributed by atoms with Gasteiger partial charge in [-0.05, 0) is 43.9 Å². The highest BCUT2D eigenvalue weighted by atomic mass is 19.1. The molecule has 0 bridgehead atoms. The number of carbonyl (C=O) groups is 1. The fourth-order valence-corrected chi connectivity index (χ4v) is 5.87. The minimum absolute atomic E-state index is 0.0625. The molecule has 2 atom stereocenters. The second-order valence-corrected chi connectivity index (χ2v) is 10.4. The summed E-state index contributed by atoms with van der Waals surface area (Å²) in [5.74, 6) is -0.625. The highest BCUT2D eigenvalue weighted by molar-refractivity contribution is 5.92. The van der Waals surface area contributed by atoms with E-state index in [1.807, 2.05) is 0 Å². The number of halogens is 1. The van der Waals surface area contributed by atoms with Crippen molar-refractivity contribution in [1.82, 2.24) is 0 Å². The minimum Gasteiger partial charge on any atom is -0.633 e. The molecule has 2 unspecified atom stereocenters. The van der Waals surface area contributed by atoms with E-state index in [1.54, 1.807) is 26.0 Å². The van der Waals surface area contributed by atoms with Crippen LogP contribution in [0.5, 0.6) is 0 Å². The summed E-state index contributed by atoms with van der Waals surface area (Å²) in [6.45, 7) is 6.34. The van der Waals surface area contributed by atoms with Crippen LogP contribution in [0.3, 0.4) is 0 Å². The molecule has 1 amide bonds. The molecule has 2 aliphatic heterocycles. The zero-order chi connectivity index (χ0) is 22.2. The Bertz CT molecular complexity index is 811. The molecule has 6 nitrogen and oxygen atoms in total. The van der Waals surface area contributed by atoms with Crippen molar-refractivity contribution in [2.24, 2.45) is 11.3 Å². The number of benzene rings is 1. The van der Waals surface area contributed by atoms with Gasteiger partial charge in [0.1, 0.15) is 5.82 Å². The lowest BCUT2D eigenvalue weighted by atomic mass is 9.79. The van der Waals surface area contributed by atoms with Crippen LogP contribution >= 0.6 is 0 Å². The molecule has 1 spiro atoms. The van der Waals surface area contributed by atoms with Crippen molar-refractivity contribution < 1.29 is 18.9 Å². The summed E-state index contributed by atoms with van der Waals surface area (Å²) in [6.07, 6.45) is 5.69. The maximum Gasteiger partial charge on any atom is 0.226 e. The first-order valence-corrected chi connectivity index (χ1v) is 11.8. The van der Waals surface area contributed by atoms with Gasteiger partial charge in [-0.2, -0.15) is 0 Å². The Kier molecular flexibility index (Phi) is 6.30. The fourth-order valence-electron chi connectivity index (χ4n) is 5.87. The highest BCUT2D eigenvalue weighted by Crippen LogP contribution is 2.46. The van der Waals surface area contributed by atoms with Gasteiger partial charge in [-0.1, -0.05) is 13.8 Å². The van der Waals surface area contributed by atoms with Gasteiger partial charge in [0.2, 0.25) is 5.91 Å². The van der Waals surface area contributed by atoms with Gasteiger partial charge < -0.3 is 25.2 Å². The number of carbonyl (C=O) groups excluding carboxylic acids is 1. The van der Waals surface area contributed by atoms with E-state index in [2.05, 4.69) is 10.2 Å². The van der Waals surface area contributed by atoms with Crippen molar-refractivity contribution in [1.29, 1.82) is 0 Å². The predicted molar refractivity (Wildman–Crippen MR) is 120 cm³/mol. The lowest BCUT2D eigenvalue weighted by Gasteiger charge is -2.50. The molecule has 0 radical (unpaired) electrons. The van der Waals surface area contributed by atoms with Crippen molar-refractivity contribution in [3.63, 3.8) is 0 Å². The standard InChI is InChI=1S/C24H36FN3O3/c1-17(2)23(30)26-18-4-9-22(21(25)14-18)27-12-3-10-24(15-27)11-13-28(31,16-24)19-5-7-20(29)8-6-19/h4,9,14,17,19-20,29H,3,5-8,10-13,15-16H2,1-2H3,(H,26,30). The minimum atomic E-state index is -0.333. The lowest BCUT2D eigenvalue weighted by molar-refractivity contribution is -0.898. The SMILES string of the molecule is CC(C)C(=O)Nc1ccc(N2CCCC3(CC[N+]([O-])(C4CCC(O)CC4)C3)C2)c(F)c1. The number of likely N-dealkylation sites (tertiary alicyclic amines) is 1. The van der Waals surface area contributed by atoms with E-state index in [4.69, 9.17) is 0 Å². The smallest absolute Gasteiger partial charge is 0.226 e. The second-order valence-electron chi connectivity index (χ2n) is 10.4. The van der Waals surface area contributed by atoms with Crippen molar-refractivity contribution in [2.45, 2.75) is 70.9 Å². The Labute approximate surface area is 184 Å². The van der Waals surface area contributed by atoms with E-state index in [0.717, 1.165) is 51.5 Å². The number of nitrogens with one attached hydrogen (secondary N) is 1. The van der Waals surface area contributed by atoms with Crippen LogP contribution < -0.4 is 10.2 Å². The third kappa shape index (κ3) is 4.73. The third-order valence-electron chi connectivity index (χ3n) is 7.70. The molecule has 172 valence electrons. The number of piperidine rings is 1. The number of hydroxylamine groups is 3. The van der Waals surface area contributed by atoms with Gasteiger partial charge in [-0.3, -0.25) is 4.79 Å². The molecule has 1 aromatic rings. The number of nitrogens with zero attached hydrogens (tertiary/aromatic N) is 2. The van der Waals surface area contributed by atoms with Crippen LogP contribution in [-0.2, 0) is 4.79 Å². The average molecular weight is 434 g/mol. The molecular weight excluding hydrogens is 397 g/mol. The third-order valence-corrected chi connectivity index (χ3v) is 7.70. The van der Waals surface area contributed by atoms with Gasteiger partial charge in [-0.15, -0.1) is 0 Å². The summed E-state index contributed by atoms with van der Waals surface area (Å²) < 4.78 is 14.8. The molecule has 2 heterocycles. The first kappa shape index (κ1) is 22.5. The summed E-state index contributed by atoms with van der Waals surface area (Å²) in [6, 6.07) is 5.00. The van der Waals surface area contributed by atoms with Gasteiger partial charge >= 0.3 is 0 Å². The monoisotopic (exact) mass is 433 g/mol. The molecule has 1 aliphatic carbocycles. The summed E-state index contributed by atoms with van der Waals surface area (Å²) in [5, 5.41) is 26.2. The molecule has 31 heavy (non-hydrogen) atoms. The fraction of sp³-hybridized carbons (Fsp3) is 0.708. The van der Waals surface area contributed by atoms with E-state index in [0.29, 0.717) is 31.0 Å². The first-order valence-electron chi connectivity index (χ1n) is 11.8. The molecule has 7 heteroatoms. The number of rotatable bonds is 4. The van der Waals surface area contributed by atoms with Crippen LogP contribution in [0, 0.1) is 22.4 Å². The molecule has 1 saturated carbocycles. The van der Waals surface area contributed by atoms with E-state index in [-0.39, 0.29) is 39.8 Å². The molecule has 2 N–H and O–H groups in total. The van der Waals surface area contributed by atoms with Crippen LogP contribution in [0.4, 0.5) is 15.8 Å².